The molecule has 6 atom stereocenters. The number of carbonyl (C=O) groups excluding carboxylic acids is 1. The number of aliphatic hydroxyl groups is 1. The van der Waals surface area contributed by atoms with Crippen molar-refractivity contribution >= 4 is 5.97 Å². The Labute approximate surface area is 209 Å². The molecule has 2 saturated carbocycles. The van der Waals surface area contributed by atoms with E-state index >= 15 is 0 Å². The molecule has 2 N–H and O–H groups in total. The third-order valence-corrected chi connectivity index (χ3v) is 9.22. The van der Waals surface area contributed by atoms with E-state index in [9.17, 15) is 19.8 Å². The Morgan fingerprint density at radius 2 is 1.91 bits per heavy atom. The Kier molecular flexibility index (Phi) is 7.76. The Morgan fingerprint density at radius 3 is 2.51 bits per heavy atom. The van der Waals surface area contributed by atoms with Crippen LogP contribution in [0.25, 0.3) is 0 Å². The summed E-state index contributed by atoms with van der Waals surface area (Å²) in [5.74, 6) is 0.300. The predicted molar refractivity (Wildman–Crippen MR) is 136 cm³/mol. The molecule has 0 aliphatic heterocycles. The smallest absolute Gasteiger partial charge is 0.342 e. The standard InChI is InChI=1S/C29H42O6/c1-16(2)23(31)11-13-29(8)24-10-9-17(3)22(28(24,7)14-12-25(29)35-20(6)30)15-21-26(32)18(4)19(5)34-27(21)33/h22-25,31-32H,1,3,9-15H2,2,4-8H3. The van der Waals surface area contributed by atoms with E-state index < -0.39 is 11.7 Å². The Hall–Kier alpha value is -2.34. The summed E-state index contributed by atoms with van der Waals surface area (Å²) in [6, 6.07) is 0. The van der Waals surface area contributed by atoms with Crippen molar-refractivity contribution in [3.05, 3.63) is 51.6 Å². The number of allylic oxidation sites excluding steroid dienone is 1. The molecule has 0 spiro atoms. The van der Waals surface area contributed by atoms with Crippen LogP contribution in [0.15, 0.2) is 33.5 Å². The van der Waals surface area contributed by atoms with Crippen LogP contribution >= 0.6 is 0 Å². The monoisotopic (exact) mass is 486 g/mol. The highest BCUT2D eigenvalue weighted by molar-refractivity contribution is 5.66. The van der Waals surface area contributed by atoms with Gasteiger partial charge in [-0.1, -0.05) is 38.2 Å². The van der Waals surface area contributed by atoms with Gasteiger partial charge in [0.1, 0.15) is 17.6 Å². The largest absolute Gasteiger partial charge is 0.507 e. The molecule has 0 aromatic carbocycles. The lowest BCUT2D eigenvalue weighted by Crippen LogP contribution is -2.57. The minimum absolute atomic E-state index is 0.0122. The van der Waals surface area contributed by atoms with Gasteiger partial charge in [-0.3, -0.25) is 4.79 Å². The first-order valence-electron chi connectivity index (χ1n) is 12.7. The van der Waals surface area contributed by atoms with E-state index in [1.165, 1.54) is 6.92 Å². The number of fused-ring (bicyclic) bond motifs is 1. The molecule has 2 fully saturated rings. The molecule has 6 nitrogen and oxygen atoms in total. The van der Waals surface area contributed by atoms with E-state index in [0.717, 1.165) is 30.4 Å². The number of aromatic hydroxyl groups is 1. The number of aryl methyl sites for hydroxylation is 1. The zero-order valence-electron chi connectivity index (χ0n) is 22.2. The zero-order valence-corrected chi connectivity index (χ0v) is 22.2. The van der Waals surface area contributed by atoms with Crippen LogP contribution in [-0.4, -0.2) is 28.4 Å². The maximum Gasteiger partial charge on any atom is 0.342 e. The predicted octanol–water partition coefficient (Wildman–Crippen LogP) is 5.54. The summed E-state index contributed by atoms with van der Waals surface area (Å²) in [6.07, 6.45) is 3.96. The SMILES string of the molecule is C=C(C)C(O)CCC1(C)C(OC(C)=O)CCC2(C)C(Cc3c(O)c(C)c(C)oc3=O)C(=C)CCC12. The van der Waals surface area contributed by atoms with Crippen LogP contribution in [-0.2, 0) is 16.0 Å². The lowest BCUT2D eigenvalue weighted by molar-refractivity contribution is -0.179. The summed E-state index contributed by atoms with van der Waals surface area (Å²) < 4.78 is 11.3. The minimum atomic E-state index is -0.607. The van der Waals surface area contributed by atoms with Crippen LogP contribution in [0, 0.1) is 36.5 Å². The topological polar surface area (TPSA) is 97.0 Å². The number of aliphatic hydroxyl groups excluding tert-OH is 1. The minimum Gasteiger partial charge on any atom is -0.507 e. The zero-order chi connectivity index (χ0) is 26.3. The Balaban J connectivity index is 2.02. The number of hydrogen-bond donors (Lipinski definition) is 2. The molecule has 2 aliphatic carbocycles. The molecule has 0 bridgehead atoms. The molecule has 1 aromatic rings. The molecule has 0 radical (unpaired) electrons. The van der Waals surface area contributed by atoms with Crippen molar-refractivity contribution in [1.82, 2.24) is 0 Å². The maximum atomic E-state index is 12.7. The average Bonchev–Trinajstić information content (AvgIpc) is 2.77. The average molecular weight is 487 g/mol. The first-order chi connectivity index (χ1) is 16.2. The van der Waals surface area contributed by atoms with Crippen molar-refractivity contribution in [2.75, 3.05) is 0 Å². The number of esters is 1. The second kappa shape index (κ2) is 9.96. The first kappa shape index (κ1) is 27.3. The molecule has 3 rings (SSSR count). The molecule has 35 heavy (non-hydrogen) atoms. The van der Waals surface area contributed by atoms with Crippen molar-refractivity contribution < 1.29 is 24.2 Å². The van der Waals surface area contributed by atoms with Crippen LogP contribution < -0.4 is 5.63 Å². The number of rotatable bonds is 7. The fourth-order valence-electron chi connectivity index (χ4n) is 6.92. The molecule has 6 unspecified atom stereocenters. The molecule has 194 valence electrons. The van der Waals surface area contributed by atoms with Gasteiger partial charge in [-0.15, -0.1) is 0 Å². The fourth-order valence-corrected chi connectivity index (χ4v) is 6.92. The van der Waals surface area contributed by atoms with E-state index in [-0.39, 0.29) is 40.5 Å². The highest BCUT2D eigenvalue weighted by Crippen LogP contribution is 2.63. The van der Waals surface area contributed by atoms with Crippen molar-refractivity contribution in [2.24, 2.45) is 22.7 Å². The molecule has 6 heteroatoms. The van der Waals surface area contributed by atoms with Crippen LogP contribution in [0.2, 0.25) is 0 Å². The van der Waals surface area contributed by atoms with Crippen LogP contribution in [0.3, 0.4) is 0 Å². The summed E-state index contributed by atoms with van der Waals surface area (Å²) in [5, 5.41) is 21.3. The molecular weight excluding hydrogens is 444 g/mol. The van der Waals surface area contributed by atoms with E-state index in [4.69, 9.17) is 9.15 Å². The van der Waals surface area contributed by atoms with Crippen molar-refractivity contribution in [3.8, 4) is 5.75 Å². The second-order valence-electron chi connectivity index (χ2n) is 11.5. The third kappa shape index (κ3) is 5.00. The number of carbonyl (C=O) groups is 1. The molecular formula is C29H42O6. The van der Waals surface area contributed by atoms with Crippen LogP contribution in [0.4, 0.5) is 0 Å². The van der Waals surface area contributed by atoms with Gasteiger partial charge in [-0.25, -0.2) is 4.79 Å². The van der Waals surface area contributed by atoms with Gasteiger partial charge in [-0.05, 0) is 83.0 Å². The normalized spacial score (nSPS) is 31.5. The van der Waals surface area contributed by atoms with E-state index in [1.54, 1.807) is 13.8 Å². The second-order valence-corrected chi connectivity index (χ2v) is 11.5. The van der Waals surface area contributed by atoms with E-state index in [1.807, 2.05) is 6.92 Å². The summed E-state index contributed by atoms with van der Waals surface area (Å²) in [7, 11) is 0. The van der Waals surface area contributed by atoms with Crippen LogP contribution in [0.5, 0.6) is 5.75 Å². The van der Waals surface area contributed by atoms with Gasteiger partial charge in [0, 0.05) is 17.9 Å². The van der Waals surface area contributed by atoms with Gasteiger partial charge in [0.25, 0.3) is 0 Å². The lowest BCUT2D eigenvalue weighted by Gasteiger charge is -2.61. The van der Waals surface area contributed by atoms with Gasteiger partial charge in [0.15, 0.2) is 0 Å². The lowest BCUT2D eigenvalue weighted by atomic mass is 9.45. The summed E-state index contributed by atoms with van der Waals surface area (Å²) in [6.45, 7) is 19.4. The van der Waals surface area contributed by atoms with Crippen LogP contribution in [0.1, 0.15) is 83.1 Å². The summed E-state index contributed by atoms with van der Waals surface area (Å²) in [4.78, 5) is 24.8. The molecule has 0 amide bonds. The van der Waals surface area contributed by atoms with Crippen molar-refractivity contribution in [1.29, 1.82) is 0 Å². The van der Waals surface area contributed by atoms with Gasteiger partial charge in [0.05, 0.1) is 11.7 Å². The summed E-state index contributed by atoms with van der Waals surface area (Å²) in [5.41, 5.74) is 1.63. The van der Waals surface area contributed by atoms with Gasteiger partial charge >= 0.3 is 11.6 Å². The molecule has 0 saturated heterocycles. The Morgan fingerprint density at radius 1 is 1.26 bits per heavy atom. The van der Waals surface area contributed by atoms with Crippen molar-refractivity contribution in [2.45, 2.75) is 98.7 Å². The summed E-state index contributed by atoms with van der Waals surface area (Å²) >= 11 is 0. The Bertz CT molecular complexity index is 1070. The quantitative estimate of drug-likeness (QED) is 0.388. The van der Waals surface area contributed by atoms with Gasteiger partial charge in [0.2, 0.25) is 0 Å². The molecule has 1 aromatic heterocycles. The van der Waals surface area contributed by atoms with Gasteiger partial charge < -0.3 is 19.4 Å². The van der Waals surface area contributed by atoms with Gasteiger partial charge in [-0.2, -0.15) is 0 Å². The molecule has 1 heterocycles. The number of ether oxygens (including phenoxy) is 1. The maximum absolute atomic E-state index is 12.7. The highest BCUT2D eigenvalue weighted by Gasteiger charge is 2.59. The molecule has 2 aliphatic rings. The van der Waals surface area contributed by atoms with Crippen molar-refractivity contribution in [3.63, 3.8) is 0 Å². The number of hydrogen-bond acceptors (Lipinski definition) is 6. The fraction of sp³-hybridized carbons (Fsp3) is 0.655. The third-order valence-electron chi connectivity index (χ3n) is 9.22. The highest BCUT2D eigenvalue weighted by atomic mass is 16.5. The van der Waals surface area contributed by atoms with E-state index in [0.29, 0.717) is 42.6 Å². The first-order valence-corrected chi connectivity index (χ1v) is 12.7. The van der Waals surface area contributed by atoms with E-state index in [2.05, 4.69) is 27.0 Å².